The maximum atomic E-state index is 12.9. The second kappa shape index (κ2) is 10.7. The van der Waals surface area contributed by atoms with Gasteiger partial charge in [0.1, 0.15) is 17.2 Å². The summed E-state index contributed by atoms with van der Waals surface area (Å²) in [5.41, 5.74) is 2.31. The maximum Gasteiger partial charge on any atom is 0.270 e. The summed E-state index contributed by atoms with van der Waals surface area (Å²) in [4.78, 5) is 28.3. The van der Waals surface area contributed by atoms with Crippen molar-refractivity contribution in [1.29, 1.82) is 0 Å². The number of carbonyl (C=O) groups excluding carboxylic acids is 1. The van der Waals surface area contributed by atoms with Crippen LogP contribution in [0.15, 0.2) is 47.1 Å². The average molecular weight is 506 g/mol. The Morgan fingerprint density at radius 1 is 1.24 bits per heavy atom. The first-order valence-corrected chi connectivity index (χ1v) is 11.9. The van der Waals surface area contributed by atoms with E-state index < -0.39 is 18.6 Å². The highest BCUT2D eigenvalue weighted by molar-refractivity contribution is 5.93. The molecule has 4 aromatic heterocycles. The zero-order chi connectivity index (χ0) is 25.8. The first-order valence-electron chi connectivity index (χ1n) is 11.9. The van der Waals surface area contributed by atoms with Crippen LogP contribution in [0.3, 0.4) is 0 Å². The number of pyridine rings is 1. The molecular weight excluding hydrogens is 478 g/mol. The molecule has 192 valence electrons. The van der Waals surface area contributed by atoms with Crippen LogP contribution in [0.25, 0.3) is 11.4 Å². The molecule has 1 aliphatic rings. The van der Waals surface area contributed by atoms with Crippen LogP contribution in [0.1, 0.15) is 40.8 Å². The second-order valence-electron chi connectivity index (χ2n) is 8.73. The number of H-pyrrole nitrogens is 1. The van der Waals surface area contributed by atoms with Gasteiger partial charge in [-0.2, -0.15) is 10.1 Å². The molecule has 13 nitrogen and oxygen atoms in total. The number of nitrogens with one attached hydrogen (secondary N) is 3. The standard InChI is InChI=1S/C24H27N9O4/c1-14-9-22(31-30-14)28-21-11-18(23(36)26-12-15(35)13-34)27-24(29-21)33-8-4-6-19(33)20-10-17(32-37-20)16-5-2-3-7-25-16/h2-3,5,7,9-11,15,19,34-35H,4,6,8,12-13H2,1H3,(H,26,36)(H2,27,28,29,30,31)/t15-,19?/m1/s1. The number of aliphatic hydroxyl groups is 2. The molecule has 1 fully saturated rings. The molecular formula is C24H27N9O4. The van der Waals surface area contributed by atoms with Gasteiger partial charge in [-0.3, -0.25) is 14.9 Å². The minimum Gasteiger partial charge on any atom is -0.394 e. The van der Waals surface area contributed by atoms with Gasteiger partial charge in [-0.25, -0.2) is 4.98 Å². The lowest BCUT2D eigenvalue weighted by molar-refractivity contribution is 0.0798. The highest BCUT2D eigenvalue weighted by Gasteiger charge is 2.32. The van der Waals surface area contributed by atoms with Crippen molar-refractivity contribution in [2.24, 2.45) is 0 Å². The molecule has 5 N–H and O–H groups in total. The van der Waals surface area contributed by atoms with E-state index in [2.05, 4.69) is 40.9 Å². The number of rotatable bonds is 9. The molecule has 1 unspecified atom stereocenters. The van der Waals surface area contributed by atoms with Gasteiger partial charge in [-0.1, -0.05) is 11.2 Å². The molecule has 2 atom stereocenters. The van der Waals surface area contributed by atoms with Gasteiger partial charge in [0.2, 0.25) is 5.95 Å². The van der Waals surface area contributed by atoms with Crippen molar-refractivity contribution in [2.75, 3.05) is 29.9 Å². The fraction of sp³-hybridized carbons (Fsp3) is 0.333. The van der Waals surface area contributed by atoms with Gasteiger partial charge in [-0.15, -0.1) is 0 Å². The summed E-state index contributed by atoms with van der Waals surface area (Å²) in [5.74, 6) is 1.40. The van der Waals surface area contributed by atoms with E-state index in [1.165, 1.54) is 6.07 Å². The first-order chi connectivity index (χ1) is 18.0. The molecule has 37 heavy (non-hydrogen) atoms. The van der Waals surface area contributed by atoms with Crippen LogP contribution in [0.2, 0.25) is 0 Å². The van der Waals surface area contributed by atoms with E-state index in [9.17, 15) is 9.90 Å². The van der Waals surface area contributed by atoms with Crippen molar-refractivity contribution in [3.05, 3.63) is 59.7 Å². The number of hydrogen-bond donors (Lipinski definition) is 5. The number of aryl methyl sites for hydroxylation is 1. The number of anilines is 3. The molecule has 1 saturated heterocycles. The Morgan fingerprint density at radius 2 is 2.14 bits per heavy atom. The highest BCUT2D eigenvalue weighted by Crippen LogP contribution is 2.36. The zero-order valence-corrected chi connectivity index (χ0v) is 20.1. The molecule has 4 aromatic rings. The van der Waals surface area contributed by atoms with E-state index in [0.29, 0.717) is 41.3 Å². The van der Waals surface area contributed by atoms with Crippen LogP contribution in [0.5, 0.6) is 0 Å². The molecule has 0 radical (unpaired) electrons. The summed E-state index contributed by atoms with van der Waals surface area (Å²) in [5, 5.41) is 35.6. The van der Waals surface area contributed by atoms with Gasteiger partial charge in [0.05, 0.1) is 24.4 Å². The Kier molecular flexibility index (Phi) is 7.05. The Morgan fingerprint density at radius 3 is 2.89 bits per heavy atom. The Labute approximate surface area is 212 Å². The number of carbonyl (C=O) groups is 1. The van der Waals surface area contributed by atoms with Crippen LogP contribution in [0.4, 0.5) is 17.6 Å². The fourth-order valence-electron chi connectivity index (χ4n) is 4.11. The SMILES string of the molecule is Cc1cc(Nc2cc(C(=O)NC[C@@H](O)CO)nc(N3CCCC3c3cc(-c4ccccn4)no3)n2)n[nH]1. The Bertz CT molecular complexity index is 1360. The van der Waals surface area contributed by atoms with Gasteiger partial charge >= 0.3 is 0 Å². The molecule has 13 heteroatoms. The minimum atomic E-state index is -1.07. The predicted octanol–water partition coefficient (Wildman–Crippen LogP) is 1.73. The fourth-order valence-corrected chi connectivity index (χ4v) is 4.11. The number of aromatic nitrogens is 6. The van der Waals surface area contributed by atoms with Crippen molar-refractivity contribution >= 4 is 23.5 Å². The summed E-state index contributed by atoms with van der Waals surface area (Å²) < 4.78 is 5.69. The van der Waals surface area contributed by atoms with Crippen molar-refractivity contribution in [2.45, 2.75) is 31.9 Å². The molecule has 0 aliphatic carbocycles. The van der Waals surface area contributed by atoms with Crippen LogP contribution >= 0.6 is 0 Å². The van der Waals surface area contributed by atoms with Crippen LogP contribution in [-0.4, -0.2) is 72.2 Å². The summed E-state index contributed by atoms with van der Waals surface area (Å²) in [6, 6.07) is 10.6. The van der Waals surface area contributed by atoms with Gasteiger partial charge < -0.3 is 30.3 Å². The van der Waals surface area contributed by atoms with Gasteiger partial charge in [0, 0.05) is 43.2 Å². The monoisotopic (exact) mass is 505 g/mol. The molecule has 0 bridgehead atoms. The molecule has 1 aliphatic heterocycles. The first kappa shape index (κ1) is 24.3. The van der Waals surface area contributed by atoms with Crippen molar-refractivity contribution in [1.82, 2.24) is 35.6 Å². The third-order valence-electron chi connectivity index (χ3n) is 5.91. The van der Waals surface area contributed by atoms with Crippen LogP contribution in [-0.2, 0) is 0 Å². The molecule has 0 spiro atoms. The smallest absolute Gasteiger partial charge is 0.270 e. The average Bonchev–Trinajstić information content (AvgIpc) is 3.68. The molecule has 0 aromatic carbocycles. The second-order valence-corrected chi connectivity index (χ2v) is 8.73. The van der Waals surface area contributed by atoms with E-state index in [4.69, 9.17) is 9.63 Å². The number of amides is 1. The Hall–Kier alpha value is -4.36. The highest BCUT2D eigenvalue weighted by atomic mass is 16.5. The number of nitrogens with zero attached hydrogens (tertiary/aromatic N) is 6. The van der Waals surface area contributed by atoms with E-state index in [1.54, 1.807) is 6.20 Å². The van der Waals surface area contributed by atoms with Crippen molar-refractivity contribution in [3.8, 4) is 11.4 Å². The van der Waals surface area contributed by atoms with Crippen LogP contribution < -0.4 is 15.5 Å². The van der Waals surface area contributed by atoms with E-state index >= 15 is 0 Å². The predicted molar refractivity (Wildman–Crippen MR) is 133 cm³/mol. The van der Waals surface area contributed by atoms with E-state index in [-0.39, 0.29) is 18.3 Å². The third-order valence-corrected chi connectivity index (χ3v) is 5.91. The van der Waals surface area contributed by atoms with Crippen molar-refractivity contribution < 1.29 is 19.5 Å². The number of hydrogen-bond acceptors (Lipinski definition) is 11. The molecule has 5 heterocycles. The van der Waals surface area contributed by atoms with Gasteiger partial charge in [-0.05, 0) is 31.9 Å². The number of aromatic amines is 1. The lowest BCUT2D eigenvalue weighted by Crippen LogP contribution is -2.35. The summed E-state index contributed by atoms with van der Waals surface area (Å²) in [7, 11) is 0. The summed E-state index contributed by atoms with van der Waals surface area (Å²) >= 11 is 0. The van der Waals surface area contributed by atoms with Crippen LogP contribution in [0, 0.1) is 6.92 Å². The minimum absolute atomic E-state index is 0.0993. The maximum absolute atomic E-state index is 12.9. The van der Waals surface area contributed by atoms with E-state index in [0.717, 1.165) is 18.5 Å². The number of aliphatic hydroxyl groups excluding tert-OH is 2. The molecule has 5 rings (SSSR count). The largest absolute Gasteiger partial charge is 0.394 e. The van der Waals surface area contributed by atoms with Crippen molar-refractivity contribution in [3.63, 3.8) is 0 Å². The normalized spacial score (nSPS) is 16.1. The Balaban J connectivity index is 1.44. The molecule has 1 amide bonds. The topological polar surface area (TPSA) is 178 Å². The lowest BCUT2D eigenvalue weighted by Gasteiger charge is -2.23. The summed E-state index contributed by atoms with van der Waals surface area (Å²) in [6.07, 6.45) is 2.29. The van der Waals surface area contributed by atoms with Gasteiger partial charge in [0.25, 0.3) is 5.91 Å². The van der Waals surface area contributed by atoms with E-state index in [1.807, 2.05) is 42.2 Å². The van der Waals surface area contributed by atoms with Gasteiger partial charge in [0.15, 0.2) is 11.6 Å². The molecule has 0 saturated carbocycles. The third kappa shape index (κ3) is 5.57. The quantitative estimate of drug-likeness (QED) is 0.224. The zero-order valence-electron chi connectivity index (χ0n) is 20.1. The summed E-state index contributed by atoms with van der Waals surface area (Å²) in [6.45, 7) is 1.95. The lowest BCUT2D eigenvalue weighted by atomic mass is 10.1.